The summed E-state index contributed by atoms with van der Waals surface area (Å²) < 4.78 is 11.8. The van der Waals surface area contributed by atoms with Crippen LogP contribution in [0.4, 0.5) is 0 Å². The molecule has 0 aliphatic rings. The number of aryl methyl sites for hydroxylation is 1. The number of rotatable bonds is 11. The molecule has 5 heteroatoms. The molecule has 0 aliphatic carbocycles. The van der Waals surface area contributed by atoms with Crippen molar-refractivity contribution < 1.29 is 9.47 Å². The lowest BCUT2D eigenvalue weighted by Gasteiger charge is -2.17. The minimum atomic E-state index is 0.284. The Kier molecular flexibility index (Phi) is 9.08. The number of benzene rings is 3. The Balaban J connectivity index is 1.57. The molecule has 0 spiro atoms. The second-order valence-electron chi connectivity index (χ2n) is 7.51. The number of hydrogen-bond acceptors (Lipinski definition) is 3. The number of hydrogen-bond donors (Lipinski definition) is 1. The van der Waals surface area contributed by atoms with Gasteiger partial charge in [0, 0.05) is 28.2 Å². The van der Waals surface area contributed by atoms with E-state index < -0.39 is 0 Å². The molecule has 3 rings (SSSR count). The van der Waals surface area contributed by atoms with Crippen molar-refractivity contribution in [2.45, 2.75) is 45.9 Å². The highest BCUT2D eigenvalue weighted by atomic mass is 35.5. The predicted octanol–water partition coefficient (Wildman–Crippen LogP) is 7.08. The molecule has 0 aliphatic heterocycles. The fraction of sp³-hybridized carbons (Fsp3) is 0.308. The molecular weight excluding hydrogens is 429 g/mol. The monoisotopic (exact) mass is 457 g/mol. The van der Waals surface area contributed by atoms with Gasteiger partial charge in [-0.2, -0.15) is 0 Å². The summed E-state index contributed by atoms with van der Waals surface area (Å²) in [7, 11) is 0. The van der Waals surface area contributed by atoms with Gasteiger partial charge >= 0.3 is 0 Å². The van der Waals surface area contributed by atoms with Gasteiger partial charge < -0.3 is 14.8 Å². The Hall–Kier alpha value is -2.20. The Morgan fingerprint density at radius 3 is 2.29 bits per heavy atom. The third-order valence-electron chi connectivity index (χ3n) is 5.11. The summed E-state index contributed by atoms with van der Waals surface area (Å²) in [6, 6.07) is 22.5. The topological polar surface area (TPSA) is 30.5 Å². The first-order valence-corrected chi connectivity index (χ1v) is 11.4. The first kappa shape index (κ1) is 23.5. The van der Waals surface area contributed by atoms with Gasteiger partial charge in [0.15, 0.2) is 11.5 Å². The molecule has 0 unspecified atom stereocenters. The van der Waals surface area contributed by atoms with Crippen LogP contribution >= 0.6 is 23.2 Å². The highest BCUT2D eigenvalue weighted by molar-refractivity contribution is 6.35. The van der Waals surface area contributed by atoms with Gasteiger partial charge in [-0.15, -0.1) is 0 Å². The fourth-order valence-corrected chi connectivity index (χ4v) is 3.80. The van der Waals surface area contributed by atoms with Crippen molar-refractivity contribution in [1.82, 2.24) is 5.32 Å². The Labute approximate surface area is 195 Å². The summed E-state index contributed by atoms with van der Waals surface area (Å²) in [4.78, 5) is 0. The zero-order valence-electron chi connectivity index (χ0n) is 18.0. The minimum Gasteiger partial charge on any atom is -0.490 e. The molecule has 0 bridgehead atoms. The van der Waals surface area contributed by atoms with Crippen LogP contribution in [0.15, 0.2) is 66.7 Å². The minimum absolute atomic E-state index is 0.284. The van der Waals surface area contributed by atoms with Crippen molar-refractivity contribution in [1.29, 1.82) is 0 Å². The van der Waals surface area contributed by atoms with Crippen molar-refractivity contribution >= 4 is 23.2 Å². The van der Waals surface area contributed by atoms with Gasteiger partial charge in [0.1, 0.15) is 6.61 Å². The van der Waals surface area contributed by atoms with E-state index in [4.69, 9.17) is 32.7 Å². The molecule has 0 saturated carbocycles. The van der Waals surface area contributed by atoms with Crippen molar-refractivity contribution in [3.63, 3.8) is 0 Å². The van der Waals surface area contributed by atoms with Gasteiger partial charge in [-0.05, 0) is 62.1 Å². The quantitative estimate of drug-likeness (QED) is 0.333. The van der Waals surface area contributed by atoms with Gasteiger partial charge in [0.2, 0.25) is 0 Å². The Morgan fingerprint density at radius 1 is 0.839 bits per heavy atom. The largest absolute Gasteiger partial charge is 0.490 e. The van der Waals surface area contributed by atoms with E-state index in [0.29, 0.717) is 28.4 Å². The Bertz CT molecular complexity index is 943. The summed E-state index contributed by atoms with van der Waals surface area (Å²) in [5.74, 6) is 1.40. The van der Waals surface area contributed by atoms with E-state index in [9.17, 15) is 0 Å². The maximum atomic E-state index is 6.25. The molecule has 0 fully saturated rings. The molecule has 0 aromatic heterocycles. The van der Waals surface area contributed by atoms with E-state index in [1.165, 1.54) is 5.56 Å². The SMILES string of the molecule is CCOc1cc(CN[C@H](C)CCc2ccccc2)ccc1OCc1c(Cl)cccc1Cl. The van der Waals surface area contributed by atoms with Gasteiger partial charge in [-0.3, -0.25) is 0 Å². The van der Waals surface area contributed by atoms with Crippen LogP contribution in [-0.4, -0.2) is 12.6 Å². The second kappa shape index (κ2) is 12.0. The average Bonchev–Trinajstić information content (AvgIpc) is 2.78. The van der Waals surface area contributed by atoms with E-state index in [-0.39, 0.29) is 6.61 Å². The van der Waals surface area contributed by atoms with E-state index in [0.717, 1.165) is 36.3 Å². The van der Waals surface area contributed by atoms with E-state index >= 15 is 0 Å². The van der Waals surface area contributed by atoms with Gasteiger partial charge in [0.05, 0.1) is 6.61 Å². The van der Waals surface area contributed by atoms with Crippen LogP contribution in [0, 0.1) is 0 Å². The molecule has 3 aromatic carbocycles. The molecule has 0 saturated heterocycles. The summed E-state index contributed by atoms with van der Waals surface area (Å²) >= 11 is 12.5. The molecule has 3 aromatic rings. The molecular formula is C26H29Cl2NO2. The molecule has 0 heterocycles. The first-order chi connectivity index (χ1) is 15.1. The lowest BCUT2D eigenvalue weighted by atomic mass is 10.1. The summed E-state index contributed by atoms with van der Waals surface area (Å²) in [5.41, 5.74) is 3.29. The summed E-state index contributed by atoms with van der Waals surface area (Å²) in [5, 5.41) is 4.79. The molecule has 1 N–H and O–H groups in total. The van der Waals surface area contributed by atoms with E-state index in [2.05, 4.69) is 48.6 Å². The average molecular weight is 458 g/mol. The molecule has 3 nitrogen and oxygen atoms in total. The summed E-state index contributed by atoms with van der Waals surface area (Å²) in [6.45, 7) is 5.80. The summed E-state index contributed by atoms with van der Waals surface area (Å²) in [6.07, 6.45) is 2.15. The standard InChI is InChI=1S/C26H29Cl2NO2/c1-3-30-26-16-21(17-29-19(2)12-13-20-8-5-4-6-9-20)14-15-25(26)31-18-22-23(27)10-7-11-24(22)28/h4-11,14-16,19,29H,3,12-13,17-18H2,1-2H3/t19-/m1/s1. The zero-order chi connectivity index (χ0) is 22.1. The lowest BCUT2D eigenvalue weighted by molar-refractivity contribution is 0.269. The predicted molar refractivity (Wildman–Crippen MR) is 129 cm³/mol. The van der Waals surface area contributed by atoms with Crippen LogP contribution in [0.1, 0.15) is 37.0 Å². The van der Waals surface area contributed by atoms with Gasteiger partial charge in [0.25, 0.3) is 0 Å². The van der Waals surface area contributed by atoms with E-state index in [1.54, 1.807) is 0 Å². The van der Waals surface area contributed by atoms with Crippen LogP contribution in [-0.2, 0) is 19.6 Å². The van der Waals surface area contributed by atoms with E-state index in [1.807, 2.05) is 37.3 Å². The van der Waals surface area contributed by atoms with Crippen molar-refractivity contribution in [2.75, 3.05) is 6.61 Å². The third-order valence-corrected chi connectivity index (χ3v) is 5.81. The van der Waals surface area contributed by atoms with Crippen LogP contribution in [0.3, 0.4) is 0 Å². The lowest BCUT2D eigenvalue weighted by Crippen LogP contribution is -2.26. The molecule has 1 atom stereocenters. The van der Waals surface area contributed by atoms with Crippen LogP contribution in [0.2, 0.25) is 10.0 Å². The molecule has 0 radical (unpaired) electrons. The fourth-order valence-electron chi connectivity index (χ4n) is 3.29. The highest BCUT2D eigenvalue weighted by Crippen LogP contribution is 2.31. The smallest absolute Gasteiger partial charge is 0.161 e. The molecule has 0 amide bonds. The van der Waals surface area contributed by atoms with Crippen LogP contribution < -0.4 is 14.8 Å². The second-order valence-corrected chi connectivity index (χ2v) is 8.32. The molecule has 31 heavy (non-hydrogen) atoms. The normalized spacial score (nSPS) is 11.9. The van der Waals surface area contributed by atoms with Crippen molar-refractivity contribution in [3.8, 4) is 11.5 Å². The Morgan fingerprint density at radius 2 is 1.58 bits per heavy atom. The van der Waals surface area contributed by atoms with Gasteiger partial charge in [-0.25, -0.2) is 0 Å². The highest BCUT2D eigenvalue weighted by Gasteiger charge is 2.11. The third kappa shape index (κ3) is 7.17. The number of nitrogens with one attached hydrogen (secondary N) is 1. The maximum absolute atomic E-state index is 6.25. The van der Waals surface area contributed by atoms with Gasteiger partial charge in [-0.1, -0.05) is 65.7 Å². The van der Waals surface area contributed by atoms with Crippen molar-refractivity contribution in [3.05, 3.63) is 93.5 Å². The zero-order valence-corrected chi connectivity index (χ0v) is 19.5. The number of ether oxygens (including phenoxy) is 2. The maximum Gasteiger partial charge on any atom is 0.161 e. The van der Waals surface area contributed by atoms with Crippen molar-refractivity contribution in [2.24, 2.45) is 0 Å². The molecule has 164 valence electrons. The van der Waals surface area contributed by atoms with Crippen LogP contribution in [0.25, 0.3) is 0 Å². The first-order valence-electron chi connectivity index (χ1n) is 10.7. The number of halogens is 2. The van der Waals surface area contributed by atoms with Crippen LogP contribution in [0.5, 0.6) is 11.5 Å².